The van der Waals surface area contributed by atoms with Crippen LogP contribution in [0.4, 0.5) is 0 Å². The van der Waals surface area contributed by atoms with Gasteiger partial charge in [-0.15, -0.1) is 0 Å². The zero-order valence-electron chi connectivity index (χ0n) is 15.5. The average Bonchev–Trinajstić information content (AvgIpc) is 2.74. The van der Waals surface area contributed by atoms with Crippen molar-refractivity contribution in [2.75, 3.05) is 6.61 Å². The molecule has 0 bridgehead atoms. The number of nitrogens with one attached hydrogen (secondary N) is 1. The van der Waals surface area contributed by atoms with Gasteiger partial charge in [-0.3, -0.25) is 9.78 Å². The highest BCUT2D eigenvalue weighted by Crippen LogP contribution is 2.27. The second-order valence-electron chi connectivity index (χ2n) is 6.10. The number of pyridine rings is 1. The molecule has 0 spiro atoms. The quantitative estimate of drug-likeness (QED) is 0.308. The Kier molecular flexibility index (Phi) is 7.61. The lowest BCUT2D eigenvalue weighted by Gasteiger charge is -2.09. The SMILES string of the molecule is O=C(CCCOc1ccc(Cl)cc1Cl)NN=C(c1ccccc1)c1ccccn1. The molecule has 0 aliphatic heterocycles. The minimum atomic E-state index is -0.208. The molecule has 3 aromatic rings. The second-order valence-corrected chi connectivity index (χ2v) is 6.95. The number of benzene rings is 2. The molecular weight excluding hydrogens is 409 g/mol. The Balaban J connectivity index is 1.56. The maximum atomic E-state index is 12.2. The van der Waals surface area contributed by atoms with Crippen LogP contribution in [0, 0.1) is 0 Å². The molecule has 1 aromatic heterocycles. The van der Waals surface area contributed by atoms with E-state index in [1.165, 1.54) is 0 Å². The van der Waals surface area contributed by atoms with E-state index in [1.54, 1.807) is 24.4 Å². The number of nitrogens with zero attached hydrogens (tertiary/aromatic N) is 2. The van der Waals surface area contributed by atoms with Crippen molar-refractivity contribution in [2.45, 2.75) is 12.8 Å². The van der Waals surface area contributed by atoms with Crippen LogP contribution >= 0.6 is 23.2 Å². The molecule has 5 nitrogen and oxygen atoms in total. The molecule has 0 aliphatic rings. The Hall–Kier alpha value is -2.89. The fourth-order valence-corrected chi connectivity index (χ4v) is 3.01. The van der Waals surface area contributed by atoms with E-state index in [1.807, 2.05) is 48.5 Å². The summed E-state index contributed by atoms with van der Waals surface area (Å²) in [7, 11) is 0. The number of amides is 1. The summed E-state index contributed by atoms with van der Waals surface area (Å²) in [6.45, 7) is 0.351. The van der Waals surface area contributed by atoms with Crippen molar-refractivity contribution in [3.63, 3.8) is 0 Å². The van der Waals surface area contributed by atoms with E-state index in [2.05, 4.69) is 15.5 Å². The molecule has 0 radical (unpaired) electrons. The molecule has 1 N–H and O–H groups in total. The average molecular weight is 428 g/mol. The smallest absolute Gasteiger partial charge is 0.240 e. The molecule has 0 saturated heterocycles. The van der Waals surface area contributed by atoms with Crippen LogP contribution in [0.25, 0.3) is 0 Å². The summed E-state index contributed by atoms with van der Waals surface area (Å²) in [5.74, 6) is 0.330. The summed E-state index contributed by atoms with van der Waals surface area (Å²) in [4.78, 5) is 16.5. The monoisotopic (exact) mass is 427 g/mol. The van der Waals surface area contributed by atoms with E-state index in [-0.39, 0.29) is 12.3 Å². The van der Waals surface area contributed by atoms with Gasteiger partial charge in [0.1, 0.15) is 11.5 Å². The lowest BCUT2D eigenvalue weighted by atomic mass is 10.1. The molecule has 0 saturated carbocycles. The Labute approximate surface area is 179 Å². The van der Waals surface area contributed by atoms with Gasteiger partial charge < -0.3 is 4.74 Å². The molecule has 148 valence electrons. The molecular formula is C22H19Cl2N3O2. The third kappa shape index (κ3) is 6.31. The number of hydrazone groups is 1. The molecule has 0 aliphatic carbocycles. The molecule has 0 atom stereocenters. The molecule has 1 heterocycles. The minimum Gasteiger partial charge on any atom is -0.492 e. The highest BCUT2D eigenvalue weighted by atomic mass is 35.5. The molecule has 3 rings (SSSR count). The fourth-order valence-electron chi connectivity index (χ4n) is 2.55. The first-order valence-electron chi connectivity index (χ1n) is 9.04. The summed E-state index contributed by atoms with van der Waals surface area (Å²) in [6, 6.07) is 20.2. The highest BCUT2D eigenvalue weighted by Gasteiger charge is 2.09. The first kappa shape index (κ1) is 20.8. The molecule has 2 aromatic carbocycles. The van der Waals surface area contributed by atoms with Crippen molar-refractivity contribution >= 4 is 34.8 Å². The third-order valence-electron chi connectivity index (χ3n) is 3.95. The van der Waals surface area contributed by atoms with Crippen LogP contribution in [-0.4, -0.2) is 23.2 Å². The topological polar surface area (TPSA) is 63.6 Å². The lowest BCUT2D eigenvalue weighted by molar-refractivity contribution is -0.121. The second kappa shape index (κ2) is 10.6. The van der Waals surface area contributed by atoms with Crippen LogP contribution in [-0.2, 0) is 4.79 Å². The Morgan fingerprint density at radius 2 is 1.83 bits per heavy atom. The van der Waals surface area contributed by atoms with Crippen LogP contribution in [0.15, 0.2) is 78.0 Å². The number of hydrogen-bond acceptors (Lipinski definition) is 4. The fraction of sp³-hybridized carbons (Fsp3) is 0.136. The van der Waals surface area contributed by atoms with E-state index >= 15 is 0 Å². The Bertz CT molecular complexity index is 938. The molecule has 29 heavy (non-hydrogen) atoms. The van der Waals surface area contributed by atoms with Crippen molar-refractivity contribution in [3.8, 4) is 5.75 Å². The maximum Gasteiger partial charge on any atom is 0.240 e. The van der Waals surface area contributed by atoms with E-state index in [9.17, 15) is 4.79 Å². The van der Waals surface area contributed by atoms with Crippen LogP contribution in [0.5, 0.6) is 5.75 Å². The number of carbonyl (C=O) groups excluding carboxylic acids is 1. The van der Waals surface area contributed by atoms with E-state index < -0.39 is 0 Å². The zero-order chi connectivity index (χ0) is 20.5. The standard InChI is InChI=1S/C22H19Cl2N3O2/c23-17-11-12-20(18(24)15-17)29-14-6-10-21(28)26-27-22(16-7-2-1-3-8-16)19-9-4-5-13-25-19/h1-5,7-9,11-13,15H,6,10,14H2,(H,26,28). The summed E-state index contributed by atoms with van der Waals surface area (Å²) >= 11 is 11.9. The summed E-state index contributed by atoms with van der Waals surface area (Å²) in [5.41, 5.74) is 4.76. The van der Waals surface area contributed by atoms with Crippen molar-refractivity contribution in [2.24, 2.45) is 5.10 Å². The number of halogens is 2. The lowest BCUT2D eigenvalue weighted by Crippen LogP contribution is -2.21. The summed E-state index contributed by atoms with van der Waals surface area (Å²) in [6.07, 6.45) is 2.47. The number of ether oxygens (including phenoxy) is 1. The van der Waals surface area contributed by atoms with Gasteiger partial charge in [0.05, 0.1) is 17.3 Å². The summed E-state index contributed by atoms with van der Waals surface area (Å²) in [5, 5.41) is 5.29. The van der Waals surface area contributed by atoms with Gasteiger partial charge in [0, 0.05) is 23.2 Å². The van der Waals surface area contributed by atoms with Crippen molar-refractivity contribution in [3.05, 3.63) is 94.2 Å². The van der Waals surface area contributed by atoms with Crippen LogP contribution < -0.4 is 10.2 Å². The van der Waals surface area contributed by atoms with Gasteiger partial charge >= 0.3 is 0 Å². The zero-order valence-corrected chi connectivity index (χ0v) is 17.0. The summed E-state index contributed by atoms with van der Waals surface area (Å²) < 4.78 is 5.59. The van der Waals surface area contributed by atoms with Crippen LogP contribution in [0.2, 0.25) is 10.0 Å². The van der Waals surface area contributed by atoms with Gasteiger partial charge in [0.25, 0.3) is 0 Å². The number of hydrogen-bond donors (Lipinski definition) is 1. The van der Waals surface area contributed by atoms with E-state index in [4.69, 9.17) is 27.9 Å². The predicted octanol–water partition coefficient (Wildman–Crippen LogP) is 5.12. The molecule has 1 amide bonds. The predicted molar refractivity (Wildman–Crippen MR) is 116 cm³/mol. The molecule has 0 unspecified atom stereocenters. The number of carbonyl (C=O) groups is 1. The first-order chi connectivity index (χ1) is 14.1. The van der Waals surface area contributed by atoms with Gasteiger partial charge in [-0.25, -0.2) is 5.43 Å². The van der Waals surface area contributed by atoms with Crippen molar-refractivity contribution in [1.82, 2.24) is 10.4 Å². The Morgan fingerprint density at radius 3 is 2.55 bits per heavy atom. The molecule has 7 heteroatoms. The minimum absolute atomic E-state index is 0.208. The van der Waals surface area contributed by atoms with E-state index in [0.29, 0.717) is 40.2 Å². The van der Waals surface area contributed by atoms with Gasteiger partial charge in [0.15, 0.2) is 0 Å². The van der Waals surface area contributed by atoms with Crippen LogP contribution in [0.3, 0.4) is 0 Å². The Morgan fingerprint density at radius 1 is 1.03 bits per heavy atom. The first-order valence-corrected chi connectivity index (χ1v) is 9.80. The number of rotatable bonds is 8. The molecule has 0 fully saturated rings. The van der Waals surface area contributed by atoms with Gasteiger partial charge in [-0.2, -0.15) is 5.10 Å². The van der Waals surface area contributed by atoms with Gasteiger partial charge in [-0.1, -0.05) is 59.6 Å². The number of aromatic nitrogens is 1. The van der Waals surface area contributed by atoms with Crippen molar-refractivity contribution in [1.29, 1.82) is 0 Å². The largest absolute Gasteiger partial charge is 0.492 e. The maximum absolute atomic E-state index is 12.2. The third-order valence-corrected chi connectivity index (χ3v) is 4.48. The van der Waals surface area contributed by atoms with E-state index in [0.717, 1.165) is 5.56 Å². The van der Waals surface area contributed by atoms with Gasteiger partial charge in [-0.05, 0) is 36.8 Å². The van der Waals surface area contributed by atoms with Crippen molar-refractivity contribution < 1.29 is 9.53 Å². The van der Waals surface area contributed by atoms with Gasteiger partial charge in [0.2, 0.25) is 5.91 Å². The normalized spacial score (nSPS) is 11.2. The van der Waals surface area contributed by atoms with Crippen LogP contribution in [0.1, 0.15) is 24.1 Å². The highest BCUT2D eigenvalue weighted by molar-refractivity contribution is 6.35.